The first kappa shape index (κ1) is 33.1. The van der Waals surface area contributed by atoms with Crippen LogP contribution >= 0.6 is 0 Å². The van der Waals surface area contributed by atoms with Crippen LogP contribution in [0.5, 0.6) is 28.7 Å². The molecule has 0 aliphatic carbocycles. The number of ether oxygens (including phenoxy) is 10. The minimum Gasteiger partial charge on any atom is -0.461 e. The Bertz CT molecular complexity index is 1510. The molecule has 2 aromatic carbocycles. The fraction of sp³-hybridized carbons (Fsp3) is 0.625. The van der Waals surface area contributed by atoms with E-state index in [4.69, 9.17) is 47.4 Å². The molecular weight excluding hydrogens is 656 g/mol. The molecule has 6 heterocycles. The van der Waals surface area contributed by atoms with Crippen molar-refractivity contribution in [3.05, 3.63) is 41.5 Å². The second-order valence-electron chi connectivity index (χ2n) is 12.9. The van der Waals surface area contributed by atoms with Gasteiger partial charge in [0, 0.05) is 23.5 Å². The maximum absolute atomic E-state index is 10.9. The van der Waals surface area contributed by atoms with E-state index < -0.39 is 80.7 Å². The molecule has 17 nitrogen and oxygen atoms in total. The second kappa shape index (κ2) is 13.3. The van der Waals surface area contributed by atoms with Gasteiger partial charge in [0.1, 0.15) is 54.6 Å². The van der Waals surface area contributed by atoms with E-state index >= 15 is 0 Å². The first-order chi connectivity index (χ1) is 23.7. The molecule has 0 aromatic heterocycles. The Hall–Kier alpha value is -3.04. The monoisotopic (exact) mass is 694 g/mol. The maximum atomic E-state index is 10.9. The van der Waals surface area contributed by atoms with Crippen molar-refractivity contribution >= 4 is 0 Å². The number of aliphatic hydroxyl groups excluding tert-OH is 7. The molecule has 0 saturated carbocycles. The fourth-order valence-electron chi connectivity index (χ4n) is 7.24. The predicted octanol–water partition coefficient (Wildman–Crippen LogP) is -1.78. The molecule has 2 aromatic rings. The van der Waals surface area contributed by atoms with Crippen LogP contribution in [-0.2, 0) is 23.7 Å². The van der Waals surface area contributed by atoms with Crippen molar-refractivity contribution in [3.8, 4) is 28.7 Å². The Morgan fingerprint density at radius 3 is 1.94 bits per heavy atom. The van der Waals surface area contributed by atoms with E-state index in [2.05, 4.69) is 0 Å². The Morgan fingerprint density at radius 2 is 1.20 bits per heavy atom. The molecule has 0 bridgehead atoms. The lowest BCUT2D eigenvalue weighted by Gasteiger charge is -2.42. The van der Waals surface area contributed by atoms with Gasteiger partial charge in [-0.3, -0.25) is 0 Å². The van der Waals surface area contributed by atoms with Crippen LogP contribution in [0.2, 0.25) is 0 Å². The maximum Gasteiger partial charge on any atom is 0.231 e. The molecule has 268 valence electrons. The van der Waals surface area contributed by atoms with E-state index in [1.165, 1.54) is 0 Å². The Labute approximate surface area is 278 Å². The molecule has 4 saturated heterocycles. The largest absolute Gasteiger partial charge is 0.461 e. The molecule has 7 N–H and O–H groups in total. The van der Waals surface area contributed by atoms with E-state index in [0.717, 1.165) is 5.56 Å². The van der Waals surface area contributed by atoms with Crippen LogP contribution in [0.25, 0.3) is 0 Å². The molecule has 0 spiro atoms. The van der Waals surface area contributed by atoms with Gasteiger partial charge < -0.3 is 83.1 Å². The fourth-order valence-corrected chi connectivity index (χ4v) is 7.24. The summed E-state index contributed by atoms with van der Waals surface area (Å²) in [4.78, 5) is 0. The molecule has 49 heavy (non-hydrogen) atoms. The highest BCUT2D eigenvalue weighted by Crippen LogP contribution is 2.54. The van der Waals surface area contributed by atoms with Crippen molar-refractivity contribution < 1.29 is 83.1 Å². The van der Waals surface area contributed by atoms with Crippen molar-refractivity contribution in [2.75, 3.05) is 40.0 Å². The van der Waals surface area contributed by atoms with Gasteiger partial charge in [0.15, 0.2) is 29.3 Å². The number of hydrogen-bond donors (Lipinski definition) is 7. The normalized spacial score (nSPS) is 40.8. The van der Waals surface area contributed by atoms with E-state index in [-0.39, 0.29) is 37.3 Å². The minimum atomic E-state index is -1.74. The number of fused-ring (bicyclic) bond motifs is 3. The highest BCUT2D eigenvalue weighted by atomic mass is 16.7. The van der Waals surface area contributed by atoms with Crippen molar-refractivity contribution in [2.45, 2.75) is 73.6 Å². The van der Waals surface area contributed by atoms with Crippen LogP contribution in [0.4, 0.5) is 0 Å². The lowest BCUT2D eigenvalue weighted by Crippen LogP contribution is -2.62. The van der Waals surface area contributed by atoms with E-state index in [0.29, 0.717) is 41.8 Å². The third-order valence-electron chi connectivity index (χ3n) is 9.99. The summed E-state index contributed by atoms with van der Waals surface area (Å²) >= 11 is 0. The molecule has 17 heteroatoms. The molecule has 0 radical (unpaired) electrons. The lowest BCUT2D eigenvalue weighted by molar-refractivity contribution is -0.323. The first-order valence-corrected chi connectivity index (χ1v) is 16.1. The predicted molar refractivity (Wildman–Crippen MR) is 157 cm³/mol. The minimum absolute atomic E-state index is 0.0129. The molecule has 2 unspecified atom stereocenters. The van der Waals surface area contributed by atoms with E-state index in [9.17, 15) is 35.7 Å². The molecular formula is C32H38O17. The van der Waals surface area contributed by atoms with E-state index in [1.54, 1.807) is 12.1 Å². The van der Waals surface area contributed by atoms with Crippen LogP contribution in [0.3, 0.4) is 0 Å². The van der Waals surface area contributed by atoms with Gasteiger partial charge in [0.25, 0.3) is 0 Å². The topological polar surface area (TPSA) is 234 Å². The standard InChI is InChI=1S/C32H38O17/c33-6-21-23(34)25(36)27(38)31(48-21)42-9-22-24(35)26(37)28(39)32(49-22)47-17-5-20-19(45-11-46-20)4-13(17)30-15-8-40-29(14(15)7-41-30)12-1-2-16-18(3-12)44-10-43-16/h1-5,14-15,21-39H,6-11H2/t14?,15?,21-,22-,23-,24-,25+,26+,27-,28-,29-,30-,31-,32-/m1/s1. The van der Waals surface area contributed by atoms with Gasteiger partial charge in [-0.2, -0.15) is 0 Å². The van der Waals surface area contributed by atoms with Crippen LogP contribution < -0.4 is 23.7 Å². The number of rotatable bonds is 8. The zero-order valence-electron chi connectivity index (χ0n) is 25.9. The molecule has 8 rings (SSSR count). The van der Waals surface area contributed by atoms with Gasteiger partial charge in [0.2, 0.25) is 19.9 Å². The van der Waals surface area contributed by atoms with Crippen LogP contribution in [-0.4, -0.2) is 137 Å². The summed E-state index contributed by atoms with van der Waals surface area (Å²) in [5.41, 5.74) is 1.50. The van der Waals surface area contributed by atoms with Gasteiger partial charge in [0.05, 0.1) is 38.6 Å². The van der Waals surface area contributed by atoms with E-state index in [1.807, 2.05) is 18.2 Å². The molecule has 6 aliphatic rings. The average Bonchev–Trinajstić information content (AvgIpc) is 3.92. The van der Waals surface area contributed by atoms with Crippen molar-refractivity contribution in [1.82, 2.24) is 0 Å². The SMILES string of the molecule is OC[C@H]1O[C@@H](OC[C@H]2O[C@@H](Oc3cc4c(cc3[C@H]3OCC5C3CO[C@@H]5c3ccc5c(c3)OCO5)OCO4)[C@H](O)[C@@H](O)[C@@H]2O)[C@H](O)[C@@H](O)[C@@H]1O. The Morgan fingerprint density at radius 1 is 0.612 bits per heavy atom. The van der Waals surface area contributed by atoms with Gasteiger partial charge in [-0.25, -0.2) is 0 Å². The van der Waals surface area contributed by atoms with Crippen molar-refractivity contribution in [2.24, 2.45) is 11.8 Å². The zero-order chi connectivity index (χ0) is 34.0. The second-order valence-corrected chi connectivity index (χ2v) is 12.9. The molecule has 0 amide bonds. The first-order valence-electron chi connectivity index (χ1n) is 16.1. The Balaban J connectivity index is 1.00. The zero-order valence-corrected chi connectivity index (χ0v) is 25.9. The number of hydrogen-bond acceptors (Lipinski definition) is 17. The highest BCUT2D eigenvalue weighted by molar-refractivity contribution is 5.53. The molecule has 6 aliphatic heterocycles. The summed E-state index contributed by atoms with van der Waals surface area (Å²) in [5, 5.41) is 72.3. The highest BCUT2D eigenvalue weighted by Gasteiger charge is 2.51. The summed E-state index contributed by atoms with van der Waals surface area (Å²) in [7, 11) is 0. The van der Waals surface area contributed by atoms with Gasteiger partial charge in [-0.05, 0) is 23.8 Å². The number of benzene rings is 2. The summed E-state index contributed by atoms with van der Waals surface area (Å²) in [6.07, 6.45) is -16.4. The van der Waals surface area contributed by atoms with Crippen molar-refractivity contribution in [1.29, 1.82) is 0 Å². The quantitative estimate of drug-likeness (QED) is 0.162. The summed E-state index contributed by atoms with van der Waals surface area (Å²) in [6, 6.07) is 9.03. The smallest absolute Gasteiger partial charge is 0.231 e. The third kappa shape index (κ3) is 5.86. The summed E-state index contributed by atoms with van der Waals surface area (Å²) in [6.45, 7) is -0.259. The van der Waals surface area contributed by atoms with Crippen LogP contribution in [0.1, 0.15) is 23.3 Å². The summed E-state index contributed by atoms with van der Waals surface area (Å²) < 4.78 is 57.9. The van der Waals surface area contributed by atoms with Crippen LogP contribution in [0, 0.1) is 11.8 Å². The van der Waals surface area contributed by atoms with Crippen LogP contribution in [0.15, 0.2) is 30.3 Å². The number of aliphatic hydroxyl groups is 7. The lowest BCUT2D eigenvalue weighted by atomic mass is 9.84. The molecule has 14 atom stereocenters. The average molecular weight is 695 g/mol. The van der Waals surface area contributed by atoms with Gasteiger partial charge >= 0.3 is 0 Å². The van der Waals surface area contributed by atoms with Crippen molar-refractivity contribution in [3.63, 3.8) is 0 Å². The van der Waals surface area contributed by atoms with Gasteiger partial charge in [-0.1, -0.05) is 6.07 Å². The Kier molecular flexibility index (Phi) is 8.96. The third-order valence-corrected chi connectivity index (χ3v) is 9.99. The van der Waals surface area contributed by atoms with Gasteiger partial charge in [-0.15, -0.1) is 0 Å². The molecule has 4 fully saturated rings. The summed E-state index contributed by atoms with van der Waals surface area (Å²) in [5.74, 6) is 2.27.